The SMILES string of the molecule is CC(C)(C)C(=O)OC12CC3CC(C1)C(=O)C(C(=O)OCCC(F)(F)C(F)(F)S(=O)(=O)O)(C3)C2. The van der Waals surface area contributed by atoms with Crippen molar-refractivity contribution in [2.24, 2.45) is 22.7 Å². The average Bonchev–Trinajstić information content (AvgIpc) is 2.62. The molecule has 4 aliphatic rings. The van der Waals surface area contributed by atoms with E-state index in [1.165, 1.54) is 0 Å². The monoisotopic (exact) mass is 502 g/mol. The predicted molar refractivity (Wildman–Crippen MR) is 103 cm³/mol. The molecule has 4 unspecified atom stereocenters. The van der Waals surface area contributed by atoms with Crippen molar-refractivity contribution in [1.29, 1.82) is 0 Å². The van der Waals surface area contributed by atoms with Crippen LogP contribution in [-0.2, 0) is 34.0 Å². The first-order valence-corrected chi connectivity index (χ1v) is 11.9. The number of alkyl halides is 4. The summed E-state index contributed by atoms with van der Waals surface area (Å²) in [5, 5.41) is -5.78. The van der Waals surface area contributed by atoms with Crippen LogP contribution in [0.5, 0.6) is 0 Å². The van der Waals surface area contributed by atoms with Gasteiger partial charge in [0.1, 0.15) is 11.0 Å². The molecular formula is C20H26F4O8S. The Bertz CT molecular complexity index is 973. The number of carbonyl (C=O) groups excluding carboxylic acids is 3. The van der Waals surface area contributed by atoms with Crippen LogP contribution in [0, 0.1) is 22.7 Å². The van der Waals surface area contributed by atoms with Gasteiger partial charge in [-0.3, -0.25) is 18.9 Å². The van der Waals surface area contributed by atoms with E-state index in [-0.39, 0.29) is 25.2 Å². The minimum Gasteiger partial charge on any atom is -0.465 e. The highest BCUT2D eigenvalue weighted by Gasteiger charge is 2.68. The van der Waals surface area contributed by atoms with E-state index in [1.807, 2.05) is 0 Å². The van der Waals surface area contributed by atoms with E-state index in [0.717, 1.165) is 0 Å². The highest BCUT2D eigenvalue weighted by molar-refractivity contribution is 7.87. The Kier molecular flexibility index (Phi) is 5.97. The minimum absolute atomic E-state index is 0.0631. The van der Waals surface area contributed by atoms with Gasteiger partial charge in [-0.05, 0) is 52.4 Å². The second-order valence-corrected chi connectivity index (χ2v) is 11.9. The number of hydrogen-bond donors (Lipinski definition) is 1. The van der Waals surface area contributed by atoms with Crippen LogP contribution in [0.15, 0.2) is 0 Å². The van der Waals surface area contributed by atoms with E-state index >= 15 is 0 Å². The molecule has 4 rings (SSSR count). The molecule has 4 atom stereocenters. The van der Waals surface area contributed by atoms with Crippen molar-refractivity contribution in [2.75, 3.05) is 6.61 Å². The molecule has 0 radical (unpaired) electrons. The third-order valence-electron chi connectivity index (χ3n) is 6.71. The lowest BCUT2D eigenvalue weighted by Gasteiger charge is -2.58. The van der Waals surface area contributed by atoms with Crippen LogP contribution in [0.1, 0.15) is 59.3 Å². The van der Waals surface area contributed by atoms with Gasteiger partial charge in [-0.15, -0.1) is 0 Å². The summed E-state index contributed by atoms with van der Waals surface area (Å²) in [4.78, 5) is 38.4. The van der Waals surface area contributed by atoms with E-state index in [2.05, 4.69) is 0 Å². The van der Waals surface area contributed by atoms with Crippen LogP contribution in [-0.4, -0.2) is 54.1 Å². The first-order valence-electron chi connectivity index (χ1n) is 10.4. The van der Waals surface area contributed by atoms with Gasteiger partial charge in [0.25, 0.3) is 0 Å². The molecule has 13 heteroatoms. The van der Waals surface area contributed by atoms with E-state index in [9.17, 15) is 40.4 Å². The van der Waals surface area contributed by atoms with Crippen LogP contribution < -0.4 is 0 Å². The van der Waals surface area contributed by atoms with E-state index < -0.39 is 74.4 Å². The van der Waals surface area contributed by atoms with Gasteiger partial charge in [-0.2, -0.15) is 26.0 Å². The van der Waals surface area contributed by atoms with Crippen LogP contribution in [0.2, 0.25) is 0 Å². The van der Waals surface area contributed by atoms with Crippen molar-refractivity contribution in [3.8, 4) is 0 Å². The predicted octanol–water partition coefficient (Wildman–Crippen LogP) is 3.14. The molecule has 4 bridgehead atoms. The number of rotatable bonds is 7. The Balaban J connectivity index is 1.76. The molecular weight excluding hydrogens is 476 g/mol. The number of halogens is 4. The topological polar surface area (TPSA) is 124 Å². The number of ether oxygens (including phenoxy) is 2. The molecule has 0 aromatic heterocycles. The molecule has 0 saturated heterocycles. The van der Waals surface area contributed by atoms with Crippen LogP contribution in [0.4, 0.5) is 17.6 Å². The summed E-state index contributed by atoms with van der Waals surface area (Å²) in [6.45, 7) is 3.63. The minimum atomic E-state index is -6.41. The molecule has 0 aromatic carbocycles. The van der Waals surface area contributed by atoms with Gasteiger partial charge >= 0.3 is 33.2 Å². The summed E-state index contributed by atoms with van der Waals surface area (Å²) in [5.41, 5.74) is -3.68. The lowest BCUT2D eigenvalue weighted by molar-refractivity contribution is -0.215. The summed E-state index contributed by atoms with van der Waals surface area (Å²) in [5.74, 6) is -8.13. The van der Waals surface area contributed by atoms with E-state index in [0.29, 0.717) is 12.8 Å². The molecule has 33 heavy (non-hydrogen) atoms. The Labute approximate surface area is 188 Å². The van der Waals surface area contributed by atoms with Gasteiger partial charge in [0.05, 0.1) is 18.4 Å². The number of ketones is 1. The molecule has 188 valence electrons. The van der Waals surface area contributed by atoms with Crippen molar-refractivity contribution >= 4 is 27.8 Å². The van der Waals surface area contributed by atoms with Gasteiger partial charge in [0.15, 0.2) is 5.78 Å². The van der Waals surface area contributed by atoms with Gasteiger partial charge in [0.2, 0.25) is 0 Å². The third kappa shape index (κ3) is 4.26. The zero-order valence-electron chi connectivity index (χ0n) is 18.3. The van der Waals surface area contributed by atoms with Crippen molar-refractivity contribution < 1.29 is 54.4 Å². The Morgan fingerprint density at radius 3 is 2.27 bits per heavy atom. The standard InChI is InChI=1S/C20H26F4O8S/c1-16(2,3)14(26)32-17-7-11-6-12(9-17)13(25)18(8-11,10-17)15(27)31-5-4-19(21,22)20(23,24)33(28,29)30/h11-12H,4-10H2,1-3H3,(H,28,29,30). The number of Topliss-reactive ketones (excluding diaryl/α,β-unsaturated/α-hetero) is 1. The van der Waals surface area contributed by atoms with Crippen molar-refractivity contribution in [3.05, 3.63) is 0 Å². The normalized spacial score (nSPS) is 32.1. The maximum absolute atomic E-state index is 13.7. The molecule has 0 heterocycles. The quantitative estimate of drug-likeness (QED) is 0.244. The number of carbonyl (C=O) groups is 3. The van der Waals surface area contributed by atoms with Crippen molar-refractivity contribution in [3.63, 3.8) is 0 Å². The second-order valence-electron chi connectivity index (χ2n) is 10.4. The molecule has 0 amide bonds. The summed E-state index contributed by atoms with van der Waals surface area (Å²) in [6.07, 6.45) is -0.865. The third-order valence-corrected chi connectivity index (χ3v) is 7.66. The van der Waals surface area contributed by atoms with Crippen molar-refractivity contribution in [2.45, 2.75) is 76.1 Å². The Hall–Kier alpha value is -1.76. The highest BCUT2D eigenvalue weighted by atomic mass is 32.2. The molecule has 1 N–H and O–H groups in total. The van der Waals surface area contributed by atoms with Crippen LogP contribution >= 0.6 is 0 Å². The molecule has 4 aliphatic carbocycles. The molecule has 0 aromatic rings. The highest BCUT2D eigenvalue weighted by Crippen LogP contribution is 2.61. The lowest BCUT2D eigenvalue weighted by atomic mass is 9.47. The zero-order valence-corrected chi connectivity index (χ0v) is 19.1. The van der Waals surface area contributed by atoms with Crippen LogP contribution in [0.3, 0.4) is 0 Å². The Morgan fingerprint density at radius 1 is 1.12 bits per heavy atom. The molecule has 0 spiro atoms. The van der Waals surface area contributed by atoms with E-state index in [4.69, 9.17) is 14.0 Å². The van der Waals surface area contributed by atoms with Gasteiger partial charge in [-0.1, -0.05) is 0 Å². The smallest absolute Gasteiger partial charge is 0.431 e. The first-order chi connectivity index (χ1) is 14.8. The summed E-state index contributed by atoms with van der Waals surface area (Å²) < 4.78 is 94.2. The summed E-state index contributed by atoms with van der Waals surface area (Å²) in [7, 11) is -6.41. The second kappa shape index (κ2) is 7.62. The van der Waals surface area contributed by atoms with Crippen LogP contribution in [0.25, 0.3) is 0 Å². The van der Waals surface area contributed by atoms with Crippen molar-refractivity contribution in [1.82, 2.24) is 0 Å². The maximum Gasteiger partial charge on any atom is 0.431 e. The number of hydrogen-bond acceptors (Lipinski definition) is 7. The molecule has 8 nitrogen and oxygen atoms in total. The number of esters is 2. The van der Waals surface area contributed by atoms with Gasteiger partial charge in [-0.25, -0.2) is 0 Å². The summed E-state index contributed by atoms with van der Waals surface area (Å²) >= 11 is 0. The van der Waals surface area contributed by atoms with E-state index in [1.54, 1.807) is 20.8 Å². The fourth-order valence-corrected chi connectivity index (χ4v) is 5.77. The van der Waals surface area contributed by atoms with Gasteiger partial charge < -0.3 is 9.47 Å². The largest absolute Gasteiger partial charge is 0.465 e. The zero-order chi connectivity index (χ0) is 25.3. The maximum atomic E-state index is 13.7. The van der Waals surface area contributed by atoms with Gasteiger partial charge in [0, 0.05) is 12.3 Å². The molecule has 4 fully saturated rings. The lowest BCUT2D eigenvalue weighted by Crippen LogP contribution is -2.65. The molecule has 0 aliphatic heterocycles. The Morgan fingerprint density at radius 2 is 1.73 bits per heavy atom. The fraction of sp³-hybridized carbons (Fsp3) is 0.850. The fourth-order valence-electron chi connectivity index (χ4n) is 5.29. The molecule has 4 saturated carbocycles. The average molecular weight is 502 g/mol. The first kappa shape index (κ1) is 25.9. The summed E-state index contributed by atoms with van der Waals surface area (Å²) in [6, 6.07) is 0.